The Labute approximate surface area is 183 Å². The van der Waals surface area contributed by atoms with Crippen LogP contribution in [0.2, 0.25) is 0 Å². The van der Waals surface area contributed by atoms with Crippen LogP contribution in [0.1, 0.15) is 40.4 Å². The number of hydrogen-bond donors (Lipinski definition) is 0. The first-order valence-corrected chi connectivity index (χ1v) is 10.9. The van der Waals surface area contributed by atoms with Crippen molar-refractivity contribution in [3.8, 4) is 0 Å². The number of imidazole rings is 1. The molecule has 5 rings (SSSR count). The Morgan fingerprint density at radius 1 is 0.935 bits per heavy atom. The molecule has 1 amide bonds. The van der Waals surface area contributed by atoms with Gasteiger partial charge in [-0.25, -0.2) is 4.98 Å². The van der Waals surface area contributed by atoms with Crippen molar-refractivity contribution < 1.29 is 4.79 Å². The standard InChI is InChI=1S/C27H27N3O/c1-18-8-11-21(12-9-18)16-30-25-7-5-4-6-24(25)28-27(30)22-15-26(31)29(17-22)23-13-10-19(2)20(3)14-23/h4-14,22H,15-17H2,1-3H3. The number of anilines is 1. The molecule has 4 nitrogen and oxygen atoms in total. The van der Waals surface area contributed by atoms with Gasteiger partial charge in [0.2, 0.25) is 5.91 Å². The Morgan fingerprint density at radius 3 is 2.48 bits per heavy atom. The van der Waals surface area contributed by atoms with Crippen LogP contribution in [0.4, 0.5) is 5.69 Å². The Bertz CT molecular complexity index is 1270. The molecule has 4 heteroatoms. The van der Waals surface area contributed by atoms with Crippen LogP contribution < -0.4 is 4.90 Å². The molecule has 1 unspecified atom stereocenters. The van der Waals surface area contributed by atoms with E-state index in [4.69, 9.17) is 4.98 Å². The van der Waals surface area contributed by atoms with Gasteiger partial charge < -0.3 is 9.47 Å². The number of aryl methyl sites for hydroxylation is 3. The number of rotatable bonds is 4. The van der Waals surface area contributed by atoms with Crippen molar-refractivity contribution in [2.45, 2.75) is 39.7 Å². The van der Waals surface area contributed by atoms with E-state index in [1.54, 1.807) is 0 Å². The van der Waals surface area contributed by atoms with Crippen molar-refractivity contribution in [1.82, 2.24) is 9.55 Å². The molecule has 1 fully saturated rings. The van der Waals surface area contributed by atoms with Gasteiger partial charge in [-0.2, -0.15) is 0 Å². The molecular formula is C27H27N3O. The van der Waals surface area contributed by atoms with Crippen LogP contribution in [0.15, 0.2) is 66.7 Å². The number of carbonyl (C=O) groups is 1. The highest BCUT2D eigenvalue weighted by atomic mass is 16.2. The van der Waals surface area contributed by atoms with Gasteiger partial charge in [0.15, 0.2) is 0 Å². The summed E-state index contributed by atoms with van der Waals surface area (Å²) in [7, 11) is 0. The molecule has 1 atom stereocenters. The van der Waals surface area contributed by atoms with E-state index < -0.39 is 0 Å². The molecule has 0 spiro atoms. The van der Waals surface area contributed by atoms with E-state index in [-0.39, 0.29) is 11.8 Å². The molecule has 1 aliphatic rings. The maximum atomic E-state index is 13.0. The molecule has 1 saturated heterocycles. The lowest BCUT2D eigenvalue weighted by Gasteiger charge is -2.18. The highest BCUT2D eigenvalue weighted by Gasteiger charge is 2.35. The Balaban J connectivity index is 1.51. The largest absolute Gasteiger partial charge is 0.323 e. The van der Waals surface area contributed by atoms with Gasteiger partial charge >= 0.3 is 0 Å². The molecule has 156 valence electrons. The van der Waals surface area contributed by atoms with E-state index in [0.717, 1.165) is 29.1 Å². The van der Waals surface area contributed by atoms with Crippen molar-refractivity contribution in [1.29, 1.82) is 0 Å². The average Bonchev–Trinajstić information content (AvgIpc) is 3.32. The summed E-state index contributed by atoms with van der Waals surface area (Å²) < 4.78 is 2.29. The maximum absolute atomic E-state index is 13.0. The lowest BCUT2D eigenvalue weighted by Crippen LogP contribution is -2.24. The van der Waals surface area contributed by atoms with E-state index in [9.17, 15) is 4.79 Å². The molecule has 1 aromatic heterocycles. The number of aromatic nitrogens is 2. The summed E-state index contributed by atoms with van der Waals surface area (Å²) >= 11 is 0. The molecule has 31 heavy (non-hydrogen) atoms. The zero-order valence-electron chi connectivity index (χ0n) is 18.3. The number of amides is 1. The predicted molar refractivity (Wildman–Crippen MR) is 126 cm³/mol. The second-order valence-corrected chi connectivity index (χ2v) is 8.70. The number of nitrogens with zero attached hydrogens (tertiary/aromatic N) is 3. The minimum atomic E-state index is 0.0759. The van der Waals surface area contributed by atoms with Crippen LogP contribution in [0, 0.1) is 20.8 Å². The van der Waals surface area contributed by atoms with Gasteiger partial charge in [-0.15, -0.1) is 0 Å². The molecule has 4 aromatic rings. The minimum Gasteiger partial charge on any atom is -0.323 e. The summed E-state index contributed by atoms with van der Waals surface area (Å²) in [6.45, 7) is 7.72. The highest BCUT2D eigenvalue weighted by Crippen LogP contribution is 2.34. The molecule has 0 bridgehead atoms. The molecular weight excluding hydrogens is 382 g/mol. The second kappa shape index (κ2) is 7.69. The van der Waals surface area contributed by atoms with E-state index in [1.165, 1.54) is 22.3 Å². The Hall–Kier alpha value is -3.40. The second-order valence-electron chi connectivity index (χ2n) is 8.70. The van der Waals surface area contributed by atoms with Gasteiger partial charge in [0, 0.05) is 31.1 Å². The van der Waals surface area contributed by atoms with E-state index >= 15 is 0 Å². The maximum Gasteiger partial charge on any atom is 0.227 e. The van der Waals surface area contributed by atoms with Crippen LogP contribution in [0.3, 0.4) is 0 Å². The minimum absolute atomic E-state index is 0.0759. The number of fused-ring (bicyclic) bond motifs is 1. The molecule has 0 saturated carbocycles. The normalized spacial score (nSPS) is 16.4. The van der Waals surface area contributed by atoms with Crippen LogP contribution >= 0.6 is 0 Å². The summed E-state index contributed by atoms with van der Waals surface area (Å²) in [6, 6.07) is 23.2. The summed E-state index contributed by atoms with van der Waals surface area (Å²) in [5.74, 6) is 1.25. The molecule has 1 aliphatic heterocycles. The molecule has 0 radical (unpaired) electrons. The monoisotopic (exact) mass is 409 g/mol. The molecule has 3 aromatic carbocycles. The quantitative estimate of drug-likeness (QED) is 0.444. The van der Waals surface area contributed by atoms with E-state index in [0.29, 0.717) is 13.0 Å². The third-order valence-electron chi connectivity index (χ3n) is 6.44. The number of benzene rings is 3. The van der Waals surface area contributed by atoms with Crippen LogP contribution in [0.25, 0.3) is 11.0 Å². The van der Waals surface area contributed by atoms with Crippen LogP contribution in [0.5, 0.6) is 0 Å². The summed E-state index contributed by atoms with van der Waals surface area (Å²) in [5.41, 5.74) is 8.04. The first-order chi connectivity index (χ1) is 15.0. The number of hydrogen-bond acceptors (Lipinski definition) is 2. The zero-order chi connectivity index (χ0) is 21.5. The SMILES string of the molecule is Cc1ccc(Cn2c(C3CC(=O)N(c4ccc(C)c(C)c4)C3)nc3ccccc32)cc1. The fourth-order valence-electron chi connectivity index (χ4n) is 4.47. The smallest absolute Gasteiger partial charge is 0.227 e. The van der Waals surface area contributed by atoms with Gasteiger partial charge in [-0.3, -0.25) is 4.79 Å². The first-order valence-electron chi connectivity index (χ1n) is 10.9. The van der Waals surface area contributed by atoms with Gasteiger partial charge in [0.1, 0.15) is 5.82 Å². The fourth-order valence-corrected chi connectivity index (χ4v) is 4.47. The molecule has 2 heterocycles. The predicted octanol–water partition coefficient (Wildman–Crippen LogP) is 5.53. The molecule has 0 N–H and O–H groups in total. The van der Waals surface area contributed by atoms with Crippen LogP contribution in [-0.2, 0) is 11.3 Å². The van der Waals surface area contributed by atoms with Gasteiger partial charge in [0.05, 0.1) is 11.0 Å². The lowest BCUT2D eigenvalue weighted by molar-refractivity contribution is -0.117. The van der Waals surface area contributed by atoms with Crippen molar-refractivity contribution in [2.75, 3.05) is 11.4 Å². The average molecular weight is 410 g/mol. The third kappa shape index (κ3) is 3.63. The van der Waals surface area contributed by atoms with Crippen LogP contribution in [-0.4, -0.2) is 22.0 Å². The summed E-state index contributed by atoms with van der Waals surface area (Å²) in [6.07, 6.45) is 0.490. The highest BCUT2D eigenvalue weighted by molar-refractivity contribution is 5.96. The fraction of sp³-hybridized carbons (Fsp3) is 0.259. The Kier molecular flexibility index (Phi) is 4.85. The van der Waals surface area contributed by atoms with E-state index in [1.807, 2.05) is 11.0 Å². The lowest BCUT2D eigenvalue weighted by atomic mass is 10.1. The topological polar surface area (TPSA) is 38.1 Å². The Morgan fingerprint density at radius 2 is 1.71 bits per heavy atom. The summed E-state index contributed by atoms with van der Waals surface area (Å²) in [4.78, 5) is 19.9. The summed E-state index contributed by atoms with van der Waals surface area (Å²) in [5, 5.41) is 0. The van der Waals surface area contributed by atoms with Gasteiger partial charge in [-0.05, 0) is 61.7 Å². The van der Waals surface area contributed by atoms with Crippen molar-refractivity contribution in [3.05, 3.63) is 94.8 Å². The number of para-hydroxylation sites is 2. The zero-order valence-corrected chi connectivity index (χ0v) is 18.3. The van der Waals surface area contributed by atoms with Crippen molar-refractivity contribution in [2.24, 2.45) is 0 Å². The van der Waals surface area contributed by atoms with Gasteiger partial charge in [-0.1, -0.05) is 48.0 Å². The van der Waals surface area contributed by atoms with E-state index in [2.05, 4.69) is 86.0 Å². The van der Waals surface area contributed by atoms with Crippen molar-refractivity contribution in [3.63, 3.8) is 0 Å². The van der Waals surface area contributed by atoms with Gasteiger partial charge in [0.25, 0.3) is 0 Å². The third-order valence-corrected chi connectivity index (χ3v) is 6.44. The first kappa shape index (κ1) is 19.6. The molecule has 0 aliphatic carbocycles. The number of carbonyl (C=O) groups excluding carboxylic acids is 1. The van der Waals surface area contributed by atoms with Crippen molar-refractivity contribution >= 4 is 22.6 Å².